The summed E-state index contributed by atoms with van der Waals surface area (Å²) in [4.78, 5) is 2.64. The lowest BCUT2D eigenvalue weighted by atomic mass is 9.85. The van der Waals surface area contributed by atoms with Crippen LogP contribution in [0, 0.1) is 5.92 Å². The van der Waals surface area contributed by atoms with Gasteiger partial charge in [-0.3, -0.25) is 4.90 Å². The predicted molar refractivity (Wildman–Crippen MR) is 94.5 cm³/mol. The summed E-state index contributed by atoms with van der Waals surface area (Å²) in [6, 6.07) is 9.17. The number of nitrogens with two attached hydrogens (primary N) is 1. The minimum absolute atomic E-state index is 0.307. The molecule has 0 unspecified atom stereocenters. The van der Waals surface area contributed by atoms with Gasteiger partial charge in [-0.05, 0) is 68.8 Å². The Morgan fingerprint density at radius 3 is 2.43 bits per heavy atom. The third-order valence-electron chi connectivity index (χ3n) is 5.46. The van der Waals surface area contributed by atoms with E-state index < -0.39 is 0 Å². The average Bonchev–Trinajstić information content (AvgIpc) is 2.59. The van der Waals surface area contributed by atoms with Gasteiger partial charge in [0.2, 0.25) is 0 Å². The monoisotopic (exact) mass is 334 g/mol. The summed E-state index contributed by atoms with van der Waals surface area (Å²) in [7, 11) is 0. The Kier molecular flexibility index (Phi) is 5.90. The van der Waals surface area contributed by atoms with E-state index >= 15 is 0 Å². The Hall–Kier alpha value is -1.13. The third kappa shape index (κ3) is 4.45. The number of nitrogens with zero attached hydrogens (tertiary/aromatic N) is 3. The van der Waals surface area contributed by atoms with Crippen molar-refractivity contribution in [1.82, 2.24) is 4.90 Å². The average molecular weight is 335 g/mol. The van der Waals surface area contributed by atoms with Crippen LogP contribution >= 0.6 is 11.6 Å². The summed E-state index contributed by atoms with van der Waals surface area (Å²) >= 11 is 5.97. The molecule has 4 nitrogen and oxygen atoms in total. The molecule has 0 bridgehead atoms. The van der Waals surface area contributed by atoms with Gasteiger partial charge in [0.15, 0.2) is 0 Å². The number of rotatable bonds is 4. The molecule has 23 heavy (non-hydrogen) atoms. The van der Waals surface area contributed by atoms with Crippen molar-refractivity contribution in [2.75, 3.05) is 13.1 Å². The number of benzene rings is 1. The Morgan fingerprint density at radius 2 is 1.74 bits per heavy atom. The van der Waals surface area contributed by atoms with Crippen LogP contribution in [0.1, 0.15) is 44.1 Å². The van der Waals surface area contributed by atoms with Crippen molar-refractivity contribution >= 4 is 11.6 Å². The molecule has 0 amide bonds. The van der Waals surface area contributed by atoms with Crippen LogP contribution in [0.3, 0.4) is 0 Å². The molecule has 2 fully saturated rings. The summed E-state index contributed by atoms with van der Waals surface area (Å²) < 4.78 is 0. The molecule has 2 aliphatic rings. The zero-order valence-corrected chi connectivity index (χ0v) is 14.5. The zero-order chi connectivity index (χ0) is 16.1. The van der Waals surface area contributed by atoms with E-state index in [1.54, 1.807) is 0 Å². The van der Waals surface area contributed by atoms with Crippen molar-refractivity contribution in [3.63, 3.8) is 0 Å². The molecule has 3 rings (SSSR count). The smallest absolute Gasteiger partial charge is 0.0884 e. The highest BCUT2D eigenvalue weighted by atomic mass is 35.5. The van der Waals surface area contributed by atoms with Crippen molar-refractivity contribution in [3.05, 3.63) is 34.9 Å². The molecule has 1 aromatic carbocycles. The van der Waals surface area contributed by atoms with Crippen LogP contribution < -0.4 is 5.84 Å². The number of halogens is 1. The third-order valence-corrected chi connectivity index (χ3v) is 5.72. The fraction of sp³-hybridized carbons (Fsp3) is 0.667. The highest BCUT2D eigenvalue weighted by Gasteiger charge is 2.32. The van der Waals surface area contributed by atoms with Gasteiger partial charge < -0.3 is 5.84 Å². The van der Waals surface area contributed by atoms with Crippen LogP contribution in [-0.4, -0.2) is 30.1 Å². The highest BCUT2D eigenvalue weighted by Crippen LogP contribution is 2.30. The summed E-state index contributed by atoms with van der Waals surface area (Å²) in [5.41, 5.74) is 1.40. The van der Waals surface area contributed by atoms with Gasteiger partial charge in [-0.25, -0.2) is 0 Å². The van der Waals surface area contributed by atoms with E-state index in [4.69, 9.17) is 17.4 Å². The molecular formula is C18H27ClN4. The first-order valence-corrected chi connectivity index (χ1v) is 9.22. The van der Waals surface area contributed by atoms with Crippen LogP contribution in [0.25, 0.3) is 0 Å². The fourth-order valence-corrected chi connectivity index (χ4v) is 4.31. The highest BCUT2D eigenvalue weighted by molar-refractivity contribution is 6.30. The largest absolute Gasteiger partial charge is 0.305 e. The van der Waals surface area contributed by atoms with Crippen molar-refractivity contribution < 1.29 is 0 Å². The van der Waals surface area contributed by atoms with E-state index in [1.807, 2.05) is 12.1 Å². The maximum absolute atomic E-state index is 5.97. The van der Waals surface area contributed by atoms with Gasteiger partial charge in [-0.1, -0.05) is 41.8 Å². The minimum atomic E-state index is 0.307. The minimum Gasteiger partial charge on any atom is -0.305 e. The summed E-state index contributed by atoms with van der Waals surface area (Å²) in [5, 5.41) is 8.67. The maximum Gasteiger partial charge on any atom is 0.0884 e. The number of hydrogen-bond acceptors (Lipinski definition) is 3. The van der Waals surface area contributed by atoms with Gasteiger partial charge in [0.25, 0.3) is 0 Å². The van der Waals surface area contributed by atoms with Gasteiger partial charge >= 0.3 is 0 Å². The molecule has 5 heteroatoms. The second-order valence-corrected chi connectivity index (χ2v) is 7.40. The first kappa shape index (κ1) is 16.7. The lowest BCUT2D eigenvalue weighted by molar-refractivity contribution is 0.0923. The first-order chi connectivity index (χ1) is 11.3. The van der Waals surface area contributed by atoms with Gasteiger partial charge in [-0.2, -0.15) is 5.11 Å². The molecule has 1 saturated carbocycles. The maximum atomic E-state index is 5.97. The van der Waals surface area contributed by atoms with E-state index in [2.05, 4.69) is 27.4 Å². The zero-order valence-electron chi connectivity index (χ0n) is 13.7. The van der Waals surface area contributed by atoms with E-state index in [-0.39, 0.29) is 0 Å². The van der Waals surface area contributed by atoms with Gasteiger partial charge in [0.05, 0.1) is 6.04 Å². The van der Waals surface area contributed by atoms with Gasteiger partial charge in [0.1, 0.15) is 0 Å². The Balaban J connectivity index is 1.52. The van der Waals surface area contributed by atoms with E-state index in [9.17, 15) is 0 Å². The van der Waals surface area contributed by atoms with Crippen LogP contribution in [0.5, 0.6) is 0 Å². The van der Waals surface area contributed by atoms with E-state index in [0.29, 0.717) is 12.1 Å². The summed E-state index contributed by atoms with van der Waals surface area (Å²) in [6.07, 6.45) is 8.65. The van der Waals surface area contributed by atoms with Crippen LogP contribution in [0.2, 0.25) is 5.02 Å². The van der Waals surface area contributed by atoms with E-state index in [0.717, 1.165) is 17.4 Å². The molecule has 1 heterocycles. The standard InChI is InChI=1S/C18H27ClN4/c19-16-7-5-14(6-8-16)13-15-9-11-23(12-10-15)18-4-2-1-3-17(18)21-22-20/h5-8,15,17-18H,1-4,9-13H2,(H2,20,21)/t17-,18+/m1/s1. The first-order valence-electron chi connectivity index (χ1n) is 8.85. The lowest BCUT2D eigenvalue weighted by Crippen LogP contribution is -2.48. The van der Waals surface area contributed by atoms with Crippen LogP contribution in [0.4, 0.5) is 0 Å². The number of piperidine rings is 1. The summed E-state index contributed by atoms with van der Waals surface area (Å²) in [5.74, 6) is 6.08. The molecule has 1 saturated heterocycles. The molecule has 1 aliphatic heterocycles. The van der Waals surface area contributed by atoms with Gasteiger partial charge in [0, 0.05) is 11.1 Å². The second kappa shape index (κ2) is 8.11. The number of hydrogen-bond donors (Lipinski definition) is 1. The molecular weight excluding hydrogens is 308 g/mol. The Labute approximate surface area is 144 Å². The normalized spacial score (nSPS) is 27.5. The topological polar surface area (TPSA) is 54.0 Å². The molecule has 0 aromatic heterocycles. The fourth-order valence-electron chi connectivity index (χ4n) is 4.18. The molecule has 0 spiro atoms. The summed E-state index contributed by atoms with van der Waals surface area (Å²) in [6.45, 7) is 2.36. The molecule has 2 N–H and O–H groups in total. The lowest BCUT2D eigenvalue weighted by Gasteiger charge is -2.41. The Bertz CT molecular complexity index is 508. The molecule has 2 atom stereocenters. The van der Waals surface area contributed by atoms with Crippen LogP contribution in [0.15, 0.2) is 34.6 Å². The van der Waals surface area contributed by atoms with E-state index in [1.165, 1.54) is 57.2 Å². The van der Waals surface area contributed by atoms with Crippen LogP contribution in [-0.2, 0) is 6.42 Å². The van der Waals surface area contributed by atoms with Crippen molar-refractivity contribution in [2.24, 2.45) is 22.1 Å². The quantitative estimate of drug-likeness (QED) is 0.509. The van der Waals surface area contributed by atoms with Crippen molar-refractivity contribution in [1.29, 1.82) is 0 Å². The predicted octanol–water partition coefficient (Wildman–Crippen LogP) is 4.23. The second-order valence-electron chi connectivity index (χ2n) is 6.96. The molecule has 1 aliphatic carbocycles. The van der Waals surface area contributed by atoms with Crippen molar-refractivity contribution in [2.45, 2.75) is 57.0 Å². The van der Waals surface area contributed by atoms with Gasteiger partial charge in [-0.15, -0.1) is 0 Å². The SMILES string of the molecule is NN=N[C@@H]1CCCC[C@@H]1N1CCC(Cc2ccc(Cl)cc2)CC1. The molecule has 0 radical (unpaired) electrons. The molecule has 126 valence electrons. The number of likely N-dealkylation sites (tertiary alicyclic amines) is 1. The van der Waals surface area contributed by atoms with Crippen molar-refractivity contribution in [3.8, 4) is 0 Å². The Morgan fingerprint density at radius 1 is 1.04 bits per heavy atom. The molecule has 1 aromatic rings.